The molecule has 0 spiro atoms. The molecule has 1 fully saturated rings. The van der Waals surface area contributed by atoms with Gasteiger partial charge in [0.2, 0.25) is 0 Å². The number of hydrogen-bond donors (Lipinski definition) is 0. The minimum Gasteiger partial charge on any atom is -0.347 e. The van der Waals surface area contributed by atoms with Gasteiger partial charge < -0.3 is 4.90 Å². The van der Waals surface area contributed by atoms with Crippen LogP contribution in [-0.2, 0) is 0 Å². The SMILES string of the molecule is c1cc([C@H]2CCCN2c2cnccn2)nc(-n2ccnc2)c1. The van der Waals surface area contributed by atoms with Crippen LogP contribution in [0, 0.1) is 0 Å². The quantitative estimate of drug-likeness (QED) is 0.742. The second-order valence-electron chi connectivity index (χ2n) is 5.31. The summed E-state index contributed by atoms with van der Waals surface area (Å²) in [7, 11) is 0. The maximum atomic E-state index is 4.81. The zero-order valence-corrected chi connectivity index (χ0v) is 12.1. The average molecular weight is 292 g/mol. The van der Waals surface area contributed by atoms with Gasteiger partial charge in [-0.25, -0.2) is 15.0 Å². The molecule has 1 aliphatic rings. The highest BCUT2D eigenvalue weighted by Gasteiger charge is 2.28. The zero-order chi connectivity index (χ0) is 14.8. The van der Waals surface area contributed by atoms with Crippen molar-refractivity contribution in [3.8, 4) is 5.82 Å². The molecule has 0 aliphatic carbocycles. The van der Waals surface area contributed by atoms with Crippen molar-refractivity contribution in [2.75, 3.05) is 11.4 Å². The smallest absolute Gasteiger partial charge is 0.147 e. The lowest BCUT2D eigenvalue weighted by molar-refractivity contribution is 0.683. The molecule has 0 aromatic carbocycles. The molecule has 1 atom stereocenters. The molecule has 110 valence electrons. The molecule has 6 heteroatoms. The number of pyridine rings is 1. The van der Waals surface area contributed by atoms with Gasteiger partial charge >= 0.3 is 0 Å². The highest BCUT2D eigenvalue weighted by molar-refractivity contribution is 5.41. The van der Waals surface area contributed by atoms with Crippen LogP contribution in [0.2, 0.25) is 0 Å². The lowest BCUT2D eigenvalue weighted by Gasteiger charge is -2.25. The Morgan fingerprint density at radius 2 is 2.05 bits per heavy atom. The predicted molar refractivity (Wildman–Crippen MR) is 82.7 cm³/mol. The average Bonchev–Trinajstić information content (AvgIpc) is 3.27. The molecule has 0 radical (unpaired) electrons. The van der Waals surface area contributed by atoms with Gasteiger partial charge in [-0.15, -0.1) is 0 Å². The number of imidazole rings is 1. The fraction of sp³-hybridized carbons (Fsp3) is 0.250. The Balaban J connectivity index is 1.68. The van der Waals surface area contributed by atoms with Crippen LogP contribution in [0.4, 0.5) is 5.82 Å². The predicted octanol–water partition coefficient (Wildman–Crippen LogP) is 2.40. The summed E-state index contributed by atoms with van der Waals surface area (Å²) >= 11 is 0. The fourth-order valence-corrected chi connectivity index (χ4v) is 2.95. The Morgan fingerprint density at radius 3 is 2.86 bits per heavy atom. The van der Waals surface area contributed by atoms with Gasteiger partial charge in [-0.05, 0) is 25.0 Å². The molecule has 0 N–H and O–H groups in total. The number of nitrogens with zero attached hydrogens (tertiary/aromatic N) is 6. The summed E-state index contributed by atoms with van der Waals surface area (Å²) in [5.74, 6) is 1.81. The Labute approximate surface area is 128 Å². The van der Waals surface area contributed by atoms with E-state index >= 15 is 0 Å². The van der Waals surface area contributed by atoms with Crippen molar-refractivity contribution in [2.45, 2.75) is 18.9 Å². The largest absolute Gasteiger partial charge is 0.347 e. The second-order valence-corrected chi connectivity index (χ2v) is 5.31. The number of hydrogen-bond acceptors (Lipinski definition) is 5. The van der Waals surface area contributed by atoms with E-state index in [9.17, 15) is 0 Å². The van der Waals surface area contributed by atoms with E-state index in [0.717, 1.165) is 36.7 Å². The van der Waals surface area contributed by atoms with Crippen LogP contribution in [0.1, 0.15) is 24.6 Å². The molecule has 22 heavy (non-hydrogen) atoms. The Morgan fingerprint density at radius 1 is 1.05 bits per heavy atom. The van der Waals surface area contributed by atoms with Gasteiger partial charge in [0.1, 0.15) is 18.0 Å². The normalized spacial score (nSPS) is 17.8. The van der Waals surface area contributed by atoms with Crippen LogP contribution in [0.25, 0.3) is 5.82 Å². The van der Waals surface area contributed by atoms with Crippen molar-refractivity contribution in [2.24, 2.45) is 0 Å². The summed E-state index contributed by atoms with van der Waals surface area (Å²) in [6.45, 7) is 0.986. The van der Waals surface area contributed by atoms with Crippen LogP contribution >= 0.6 is 0 Å². The monoisotopic (exact) mass is 292 g/mol. The Bertz CT molecular complexity index is 740. The van der Waals surface area contributed by atoms with E-state index in [2.05, 4.69) is 25.9 Å². The van der Waals surface area contributed by atoms with Gasteiger partial charge in [0, 0.05) is 31.3 Å². The molecule has 0 bridgehead atoms. The van der Waals surface area contributed by atoms with E-state index in [0.29, 0.717) is 0 Å². The second kappa shape index (κ2) is 5.55. The minimum atomic E-state index is 0.250. The van der Waals surface area contributed by atoms with Gasteiger partial charge in [-0.1, -0.05) is 6.07 Å². The molecule has 1 aliphatic heterocycles. The molecular weight excluding hydrogens is 276 g/mol. The number of rotatable bonds is 3. The lowest BCUT2D eigenvalue weighted by Crippen LogP contribution is -2.24. The molecule has 3 aromatic heterocycles. The first-order chi connectivity index (χ1) is 10.9. The van der Waals surface area contributed by atoms with Crippen LogP contribution in [-0.4, -0.2) is 31.0 Å². The summed E-state index contributed by atoms with van der Waals surface area (Å²) in [4.78, 5) is 19.8. The van der Waals surface area contributed by atoms with Gasteiger partial charge in [0.25, 0.3) is 0 Å². The summed E-state index contributed by atoms with van der Waals surface area (Å²) < 4.78 is 1.92. The van der Waals surface area contributed by atoms with Gasteiger partial charge in [-0.2, -0.15) is 0 Å². The first kappa shape index (κ1) is 12.9. The maximum absolute atomic E-state index is 4.81. The van der Waals surface area contributed by atoms with Crippen molar-refractivity contribution in [3.63, 3.8) is 0 Å². The Hall–Kier alpha value is -2.76. The summed E-state index contributed by atoms with van der Waals surface area (Å²) in [6, 6.07) is 6.37. The fourth-order valence-electron chi connectivity index (χ4n) is 2.95. The molecule has 4 rings (SSSR count). The first-order valence-corrected chi connectivity index (χ1v) is 7.40. The maximum Gasteiger partial charge on any atom is 0.147 e. The first-order valence-electron chi connectivity index (χ1n) is 7.40. The zero-order valence-electron chi connectivity index (χ0n) is 12.1. The lowest BCUT2D eigenvalue weighted by atomic mass is 10.1. The van der Waals surface area contributed by atoms with Crippen molar-refractivity contribution >= 4 is 5.82 Å². The van der Waals surface area contributed by atoms with Gasteiger partial charge in [0.05, 0.1) is 17.9 Å². The molecule has 4 heterocycles. The molecule has 1 saturated heterocycles. The molecule has 0 amide bonds. The van der Waals surface area contributed by atoms with E-state index < -0.39 is 0 Å². The van der Waals surface area contributed by atoms with Crippen molar-refractivity contribution in [1.29, 1.82) is 0 Å². The van der Waals surface area contributed by atoms with E-state index in [1.54, 1.807) is 24.9 Å². The van der Waals surface area contributed by atoms with Crippen molar-refractivity contribution in [1.82, 2.24) is 24.5 Å². The summed E-state index contributed by atoms with van der Waals surface area (Å²) in [5.41, 5.74) is 1.06. The van der Waals surface area contributed by atoms with Crippen LogP contribution in [0.15, 0.2) is 55.5 Å². The van der Waals surface area contributed by atoms with E-state index in [4.69, 9.17) is 4.98 Å². The molecule has 0 unspecified atom stereocenters. The topological polar surface area (TPSA) is 59.7 Å². The molecule has 3 aromatic rings. The minimum absolute atomic E-state index is 0.250. The highest BCUT2D eigenvalue weighted by Crippen LogP contribution is 2.34. The number of anilines is 1. The van der Waals surface area contributed by atoms with Crippen LogP contribution < -0.4 is 4.90 Å². The molecule has 6 nitrogen and oxygen atoms in total. The van der Waals surface area contributed by atoms with Crippen LogP contribution in [0.3, 0.4) is 0 Å². The third kappa shape index (κ3) is 2.32. The van der Waals surface area contributed by atoms with Crippen LogP contribution in [0.5, 0.6) is 0 Å². The summed E-state index contributed by atoms with van der Waals surface area (Å²) in [5, 5.41) is 0. The third-order valence-electron chi connectivity index (χ3n) is 3.96. The standard InChI is InChI=1S/C16H16N6/c1-3-13(20-15(5-1)21-10-8-18-12-21)14-4-2-9-22(14)16-11-17-6-7-19-16/h1,3,5-8,10-12,14H,2,4,9H2/t14-/m1/s1. The van der Waals surface area contributed by atoms with E-state index in [1.807, 2.05) is 29.1 Å². The van der Waals surface area contributed by atoms with Crippen molar-refractivity contribution in [3.05, 3.63) is 61.2 Å². The Kier molecular flexibility index (Phi) is 3.27. The molecular formula is C16H16N6. The number of aromatic nitrogens is 5. The van der Waals surface area contributed by atoms with E-state index in [1.165, 1.54) is 0 Å². The molecule has 0 saturated carbocycles. The van der Waals surface area contributed by atoms with Gasteiger partial charge in [0.15, 0.2) is 0 Å². The third-order valence-corrected chi connectivity index (χ3v) is 3.96. The van der Waals surface area contributed by atoms with Gasteiger partial charge in [-0.3, -0.25) is 9.55 Å². The van der Waals surface area contributed by atoms with E-state index in [-0.39, 0.29) is 6.04 Å². The van der Waals surface area contributed by atoms with Crippen molar-refractivity contribution < 1.29 is 0 Å². The summed E-state index contributed by atoms with van der Waals surface area (Å²) in [6.07, 6.45) is 12.9. The highest BCUT2D eigenvalue weighted by atomic mass is 15.2.